The molecule has 1 aliphatic rings. The Bertz CT molecular complexity index is 557. The Labute approximate surface area is 130 Å². The molecule has 6 nitrogen and oxygen atoms in total. The molecule has 0 spiro atoms. The molecule has 1 aromatic rings. The Morgan fingerprint density at radius 2 is 2.14 bits per heavy atom. The molecule has 1 heterocycles. The fourth-order valence-electron chi connectivity index (χ4n) is 2.31. The smallest absolute Gasteiger partial charge is 0.252 e. The SMILES string of the molecule is COc1cc(C(=O)NC2CCCNC2=O)ccc1OC(C)C. The zero-order valence-electron chi connectivity index (χ0n) is 13.1. The molecule has 1 atom stereocenters. The zero-order valence-corrected chi connectivity index (χ0v) is 13.1. The molecule has 1 fully saturated rings. The van der Waals surface area contributed by atoms with Gasteiger partial charge in [0.25, 0.3) is 5.91 Å². The van der Waals surface area contributed by atoms with Gasteiger partial charge in [-0.3, -0.25) is 9.59 Å². The second-order valence-electron chi connectivity index (χ2n) is 5.49. The molecule has 0 saturated carbocycles. The van der Waals surface area contributed by atoms with Crippen molar-refractivity contribution in [3.63, 3.8) is 0 Å². The van der Waals surface area contributed by atoms with E-state index in [2.05, 4.69) is 10.6 Å². The van der Waals surface area contributed by atoms with Crippen LogP contribution in [0.25, 0.3) is 0 Å². The number of nitrogens with one attached hydrogen (secondary N) is 2. The van der Waals surface area contributed by atoms with E-state index in [-0.39, 0.29) is 17.9 Å². The van der Waals surface area contributed by atoms with Crippen LogP contribution in [0.4, 0.5) is 0 Å². The van der Waals surface area contributed by atoms with E-state index < -0.39 is 6.04 Å². The minimum atomic E-state index is -0.473. The zero-order chi connectivity index (χ0) is 16.1. The Morgan fingerprint density at radius 3 is 2.77 bits per heavy atom. The Kier molecular flexibility index (Phi) is 5.25. The van der Waals surface area contributed by atoms with Gasteiger partial charge in [0.15, 0.2) is 11.5 Å². The molecule has 0 aromatic heterocycles. The molecular formula is C16H22N2O4. The molecule has 1 aromatic carbocycles. The molecule has 2 rings (SSSR count). The molecule has 1 unspecified atom stereocenters. The van der Waals surface area contributed by atoms with E-state index in [1.54, 1.807) is 18.2 Å². The van der Waals surface area contributed by atoms with Crippen molar-refractivity contribution in [1.82, 2.24) is 10.6 Å². The van der Waals surface area contributed by atoms with E-state index in [0.717, 1.165) is 6.42 Å². The standard InChI is InChI=1S/C16H22N2O4/c1-10(2)22-13-7-6-11(9-14(13)21-3)15(19)18-12-5-4-8-17-16(12)20/h6-7,9-10,12H,4-5,8H2,1-3H3,(H,17,20)(H,18,19). The Hall–Kier alpha value is -2.24. The predicted molar refractivity (Wildman–Crippen MR) is 82.3 cm³/mol. The molecule has 1 saturated heterocycles. The predicted octanol–water partition coefficient (Wildman–Crippen LogP) is 1.49. The first kappa shape index (κ1) is 16.1. The second-order valence-corrected chi connectivity index (χ2v) is 5.49. The summed E-state index contributed by atoms with van der Waals surface area (Å²) < 4.78 is 10.9. The number of ether oxygens (including phenoxy) is 2. The Balaban J connectivity index is 2.10. The van der Waals surface area contributed by atoms with Crippen molar-refractivity contribution in [1.29, 1.82) is 0 Å². The summed E-state index contributed by atoms with van der Waals surface area (Å²) in [6.07, 6.45) is 1.53. The van der Waals surface area contributed by atoms with Crippen molar-refractivity contribution in [2.45, 2.75) is 38.8 Å². The van der Waals surface area contributed by atoms with E-state index in [1.807, 2.05) is 13.8 Å². The van der Waals surface area contributed by atoms with Crippen molar-refractivity contribution < 1.29 is 19.1 Å². The molecule has 2 amide bonds. The Morgan fingerprint density at radius 1 is 1.36 bits per heavy atom. The maximum absolute atomic E-state index is 12.3. The molecule has 0 radical (unpaired) electrons. The van der Waals surface area contributed by atoms with Crippen LogP contribution in [-0.4, -0.2) is 37.6 Å². The van der Waals surface area contributed by atoms with Gasteiger partial charge in [0.05, 0.1) is 13.2 Å². The van der Waals surface area contributed by atoms with Crippen LogP contribution in [0.2, 0.25) is 0 Å². The van der Waals surface area contributed by atoms with E-state index in [9.17, 15) is 9.59 Å². The van der Waals surface area contributed by atoms with Crippen molar-refractivity contribution >= 4 is 11.8 Å². The number of hydrogen-bond acceptors (Lipinski definition) is 4. The average Bonchev–Trinajstić information content (AvgIpc) is 2.49. The van der Waals surface area contributed by atoms with Crippen LogP contribution in [0.3, 0.4) is 0 Å². The maximum Gasteiger partial charge on any atom is 0.252 e. The fourth-order valence-corrected chi connectivity index (χ4v) is 2.31. The van der Waals surface area contributed by atoms with E-state index in [4.69, 9.17) is 9.47 Å². The third-order valence-corrected chi connectivity index (χ3v) is 3.38. The highest BCUT2D eigenvalue weighted by molar-refractivity contribution is 5.98. The molecule has 6 heteroatoms. The summed E-state index contributed by atoms with van der Waals surface area (Å²) in [4.78, 5) is 24.0. The van der Waals surface area contributed by atoms with Gasteiger partial charge in [-0.15, -0.1) is 0 Å². The minimum Gasteiger partial charge on any atom is -0.493 e. The maximum atomic E-state index is 12.3. The summed E-state index contributed by atoms with van der Waals surface area (Å²) in [5.74, 6) is 0.654. The third kappa shape index (κ3) is 3.90. The molecule has 0 bridgehead atoms. The summed E-state index contributed by atoms with van der Waals surface area (Å²) >= 11 is 0. The van der Waals surface area contributed by atoms with Crippen LogP contribution in [0.15, 0.2) is 18.2 Å². The van der Waals surface area contributed by atoms with Gasteiger partial charge >= 0.3 is 0 Å². The highest BCUT2D eigenvalue weighted by atomic mass is 16.5. The first-order valence-electron chi connectivity index (χ1n) is 7.44. The van der Waals surface area contributed by atoms with Crippen molar-refractivity contribution in [2.24, 2.45) is 0 Å². The summed E-state index contributed by atoms with van der Waals surface area (Å²) in [6.45, 7) is 4.50. The van der Waals surface area contributed by atoms with Crippen molar-refractivity contribution in [3.8, 4) is 11.5 Å². The molecule has 2 N–H and O–H groups in total. The largest absolute Gasteiger partial charge is 0.493 e. The lowest BCUT2D eigenvalue weighted by Crippen LogP contribution is -2.50. The topological polar surface area (TPSA) is 76.7 Å². The van der Waals surface area contributed by atoms with Gasteiger partial charge in [-0.2, -0.15) is 0 Å². The third-order valence-electron chi connectivity index (χ3n) is 3.38. The summed E-state index contributed by atoms with van der Waals surface area (Å²) in [6, 6.07) is 4.51. The highest BCUT2D eigenvalue weighted by Gasteiger charge is 2.24. The van der Waals surface area contributed by atoms with Gasteiger partial charge in [0, 0.05) is 12.1 Å². The number of rotatable bonds is 5. The molecule has 1 aliphatic heterocycles. The quantitative estimate of drug-likeness (QED) is 0.864. The summed E-state index contributed by atoms with van der Waals surface area (Å²) in [5.41, 5.74) is 0.436. The number of carbonyl (C=O) groups excluding carboxylic acids is 2. The normalized spacial score (nSPS) is 17.8. The number of benzene rings is 1. The van der Waals surface area contributed by atoms with E-state index in [1.165, 1.54) is 7.11 Å². The first-order chi connectivity index (χ1) is 10.5. The lowest BCUT2D eigenvalue weighted by Gasteiger charge is -2.23. The van der Waals surface area contributed by atoms with Gasteiger partial charge in [-0.25, -0.2) is 0 Å². The highest BCUT2D eigenvalue weighted by Crippen LogP contribution is 2.29. The van der Waals surface area contributed by atoms with Crippen LogP contribution in [0, 0.1) is 0 Å². The second kappa shape index (κ2) is 7.15. The van der Waals surface area contributed by atoms with Gasteiger partial charge in [-0.05, 0) is 44.9 Å². The van der Waals surface area contributed by atoms with E-state index in [0.29, 0.717) is 30.0 Å². The average molecular weight is 306 g/mol. The minimum absolute atomic E-state index is 0.0134. The molecule has 22 heavy (non-hydrogen) atoms. The van der Waals surface area contributed by atoms with Crippen LogP contribution in [0.5, 0.6) is 11.5 Å². The van der Waals surface area contributed by atoms with Crippen molar-refractivity contribution in [2.75, 3.05) is 13.7 Å². The molecule has 120 valence electrons. The van der Waals surface area contributed by atoms with Gasteiger partial charge in [0.2, 0.25) is 5.91 Å². The molecule has 0 aliphatic carbocycles. The van der Waals surface area contributed by atoms with E-state index >= 15 is 0 Å². The van der Waals surface area contributed by atoms with Gasteiger partial charge in [-0.1, -0.05) is 0 Å². The number of hydrogen-bond donors (Lipinski definition) is 2. The number of amides is 2. The van der Waals surface area contributed by atoms with Gasteiger partial charge < -0.3 is 20.1 Å². The van der Waals surface area contributed by atoms with Crippen LogP contribution >= 0.6 is 0 Å². The number of methoxy groups -OCH3 is 1. The monoisotopic (exact) mass is 306 g/mol. The van der Waals surface area contributed by atoms with Crippen LogP contribution < -0.4 is 20.1 Å². The first-order valence-corrected chi connectivity index (χ1v) is 7.44. The van der Waals surface area contributed by atoms with Crippen LogP contribution in [0.1, 0.15) is 37.0 Å². The van der Waals surface area contributed by atoms with Gasteiger partial charge in [0.1, 0.15) is 6.04 Å². The van der Waals surface area contributed by atoms with Crippen molar-refractivity contribution in [3.05, 3.63) is 23.8 Å². The summed E-state index contributed by atoms with van der Waals surface area (Å²) in [5, 5.41) is 5.49. The lowest BCUT2D eigenvalue weighted by atomic mass is 10.1. The number of carbonyl (C=O) groups is 2. The summed E-state index contributed by atoms with van der Waals surface area (Å²) in [7, 11) is 1.53. The lowest BCUT2D eigenvalue weighted by molar-refractivity contribution is -0.124. The molecular weight excluding hydrogens is 284 g/mol. The number of piperidine rings is 1. The fraction of sp³-hybridized carbons (Fsp3) is 0.500. The van der Waals surface area contributed by atoms with Crippen LogP contribution in [-0.2, 0) is 4.79 Å².